The van der Waals surface area contributed by atoms with Crippen molar-refractivity contribution >= 4 is 11.6 Å². The lowest BCUT2D eigenvalue weighted by molar-refractivity contribution is 0.0199. The van der Waals surface area contributed by atoms with Crippen molar-refractivity contribution in [1.29, 1.82) is 0 Å². The van der Waals surface area contributed by atoms with Crippen LogP contribution in [0.4, 0.5) is 5.69 Å². The van der Waals surface area contributed by atoms with Crippen LogP contribution in [0.2, 0.25) is 0 Å². The molecule has 1 aromatic rings. The molecule has 7 nitrogen and oxygen atoms in total. The second-order valence-electron chi connectivity index (χ2n) is 7.09. The van der Waals surface area contributed by atoms with E-state index in [1.165, 1.54) is 0 Å². The molecular formula is C21H34N4O3. The normalized spacial score (nSPS) is 20.5. The number of benzene rings is 1. The van der Waals surface area contributed by atoms with E-state index in [0.717, 1.165) is 69.6 Å². The number of nitrogens with zero attached hydrogens (tertiary/aromatic N) is 3. The quantitative estimate of drug-likeness (QED) is 0.416. The van der Waals surface area contributed by atoms with Gasteiger partial charge in [0.05, 0.1) is 38.7 Å². The molecule has 1 atom stereocenters. The van der Waals surface area contributed by atoms with Gasteiger partial charge in [-0.25, -0.2) is 0 Å². The smallest absolute Gasteiger partial charge is 0.194 e. The van der Waals surface area contributed by atoms with Gasteiger partial charge in [-0.1, -0.05) is 12.1 Å². The van der Waals surface area contributed by atoms with Gasteiger partial charge in [0.1, 0.15) is 5.75 Å². The van der Waals surface area contributed by atoms with E-state index < -0.39 is 0 Å². The summed E-state index contributed by atoms with van der Waals surface area (Å²) in [5, 5.41) is 3.41. The number of hydrogen-bond acceptors (Lipinski definition) is 5. The van der Waals surface area contributed by atoms with Gasteiger partial charge >= 0.3 is 0 Å². The van der Waals surface area contributed by atoms with E-state index in [9.17, 15) is 0 Å². The molecule has 0 radical (unpaired) electrons. The highest BCUT2D eigenvalue weighted by atomic mass is 16.5. The summed E-state index contributed by atoms with van der Waals surface area (Å²) in [6, 6.07) is 8.21. The second kappa shape index (κ2) is 11.1. The Morgan fingerprint density at radius 2 is 2.07 bits per heavy atom. The number of para-hydroxylation sites is 2. The van der Waals surface area contributed by atoms with Gasteiger partial charge in [-0.3, -0.25) is 4.99 Å². The first-order valence-corrected chi connectivity index (χ1v) is 10.4. The van der Waals surface area contributed by atoms with Crippen LogP contribution in [0, 0.1) is 0 Å². The minimum absolute atomic E-state index is 0.278. The molecule has 2 aliphatic rings. The van der Waals surface area contributed by atoms with Gasteiger partial charge in [-0.15, -0.1) is 0 Å². The van der Waals surface area contributed by atoms with Crippen molar-refractivity contribution in [3.05, 3.63) is 24.3 Å². The summed E-state index contributed by atoms with van der Waals surface area (Å²) in [4.78, 5) is 9.46. The minimum atomic E-state index is 0.278. The zero-order chi connectivity index (χ0) is 19.6. The zero-order valence-corrected chi connectivity index (χ0v) is 17.2. The Hall–Kier alpha value is -1.99. The molecular weight excluding hydrogens is 356 g/mol. The number of guanidine groups is 1. The number of aliphatic imine (C=N–C) groups is 1. The van der Waals surface area contributed by atoms with E-state index in [-0.39, 0.29) is 6.10 Å². The molecule has 1 unspecified atom stereocenters. The molecule has 2 saturated heterocycles. The predicted molar refractivity (Wildman–Crippen MR) is 113 cm³/mol. The molecule has 0 aliphatic carbocycles. The van der Waals surface area contributed by atoms with Gasteiger partial charge in [-0.05, 0) is 31.9 Å². The molecule has 1 aromatic carbocycles. The van der Waals surface area contributed by atoms with Crippen LogP contribution in [-0.4, -0.2) is 83.2 Å². The molecule has 0 amide bonds. The Bertz CT molecular complexity index is 611. The number of anilines is 1. The van der Waals surface area contributed by atoms with Gasteiger partial charge < -0.3 is 29.3 Å². The van der Waals surface area contributed by atoms with Gasteiger partial charge in [0, 0.05) is 39.3 Å². The van der Waals surface area contributed by atoms with Crippen molar-refractivity contribution in [3.8, 4) is 5.75 Å². The third kappa shape index (κ3) is 5.75. The summed E-state index contributed by atoms with van der Waals surface area (Å²) in [7, 11) is 1.73. The van der Waals surface area contributed by atoms with E-state index in [4.69, 9.17) is 19.2 Å². The van der Waals surface area contributed by atoms with Crippen LogP contribution in [0.1, 0.15) is 19.8 Å². The first-order chi connectivity index (χ1) is 13.8. The largest absolute Gasteiger partial charge is 0.495 e. The molecule has 7 heteroatoms. The fraction of sp³-hybridized carbons (Fsp3) is 0.667. The maximum Gasteiger partial charge on any atom is 0.194 e. The number of rotatable bonds is 8. The van der Waals surface area contributed by atoms with Gasteiger partial charge in [0.15, 0.2) is 5.96 Å². The molecule has 2 heterocycles. The molecule has 2 fully saturated rings. The van der Waals surface area contributed by atoms with Gasteiger partial charge in [-0.2, -0.15) is 0 Å². The molecule has 0 aromatic heterocycles. The Labute approximate surface area is 168 Å². The first kappa shape index (κ1) is 20.7. The summed E-state index contributed by atoms with van der Waals surface area (Å²) in [6.07, 6.45) is 2.54. The lowest BCUT2D eigenvalue weighted by atomic mass is 10.2. The number of piperazine rings is 1. The Morgan fingerprint density at radius 3 is 2.79 bits per heavy atom. The lowest BCUT2D eigenvalue weighted by Gasteiger charge is -2.38. The van der Waals surface area contributed by atoms with Crippen molar-refractivity contribution in [2.45, 2.75) is 25.9 Å². The third-order valence-electron chi connectivity index (χ3n) is 5.16. The molecule has 156 valence electrons. The molecule has 1 N–H and O–H groups in total. The van der Waals surface area contributed by atoms with E-state index in [0.29, 0.717) is 19.8 Å². The number of methoxy groups -OCH3 is 1. The van der Waals surface area contributed by atoms with Crippen LogP contribution in [0.25, 0.3) is 0 Å². The summed E-state index contributed by atoms with van der Waals surface area (Å²) in [5.41, 5.74) is 1.16. The van der Waals surface area contributed by atoms with Crippen LogP contribution >= 0.6 is 0 Å². The number of nitrogens with one attached hydrogen (secondary N) is 1. The number of hydrogen-bond donors (Lipinski definition) is 1. The molecule has 3 rings (SSSR count). The molecule has 0 saturated carbocycles. The zero-order valence-electron chi connectivity index (χ0n) is 17.2. The van der Waals surface area contributed by atoms with Crippen molar-refractivity contribution in [2.24, 2.45) is 4.99 Å². The Kier molecular flexibility index (Phi) is 8.23. The highest BCUT2D eigenvalue weighted by Gasteiger charge is 2.21. The van der Waals surface area contributed by atoms with Crippen LogP contribution in [0.5, 0.6) is 5.75 Å². The second-order valence-corrected chi connectivity index (χ2v) is 7.09. The van der Waals surface area contributed by atoms with E-state index in [1.54, 1.807) is 7.11 Å². The summed E-state index contributed by atoms with van der Waals surface area (Å²) in [5.74, 6) is 1.91. The van der Waals surface area contributed by atoms with Crippen molar-refractivity contribution in [2.75, 3.05) is 71.1 Å². The van der Waals surface area contributed by atoms with Crippen molar-refractivity contribution in [3.63, 3.8) is 0 Å². The van der Waals surface area contributed by atoms with Crippen LogP contribution < -0.4 is 15.0 Å². The Balaban J connectivity index is 1.46. The standard InChI is InChI=1S/C21H34N4O3/c1-3-22-21(23-10-16-27-17-18-7-6-15-28-18)25-13-11-24(12-14-25)19-8-4-5-9-20(19)26-2/h4-5,8-9,18H,3,6-7,10-17H2,1-2H3,(H,22,23). The van der Waals surface area contributed by atoms with E-state index in [2.05, 4.69) is 34.2 Å². The lowest BCUT2D eigenvalue weighted by Crippen LogP contribution is -2.52. The average Bonchev–Trinajstić information content (AvgIpc) is 3.26. The highest BCUT2D eigenvalue weighted by Crippen LogP contribution is 2.28. The molecule has 28 heavy (non-hydrogen) atoms. The molecule has 0 spiro atoms. The average molecular weight is 391 g/mol. The Morgan fingerprint density at radius 1 is 1.25 bits per heavy atom. The maximum absolute atomic E-state index is 5.73. The van der Waals surface area contributed by atoms with Crippen LogP contribution in [0.3, 0.4) is 0 Å². The third-order valence-corrected chi connectivity index (χ3v) is 5.16. The summed E-state index contributed by atoms with van der Waals surface area (Å²) in [6.45, 7) is 9.58. The summed E-state index contributed by atoms with van der Waals surface area (Å²) < 4.78 is 16.8. The molecule has 2 aliphatic heterocycles. The van der Waals surface area contributed by atoms with Crippen molar-refractivity contribution < 1.29 is 14.2 Å². The topological polar surface area (TPSA) is 58.6 Å². The van der Waals surface area contributed by atoms with Crippen LogP contribution in [-0.2, 0) is 9.47 Å². The molecule has 0 bridgehead atoms. The maximum atomic E-state index is 5.73. The van der Waals surface area contributed by atoms with E-state index >= 15 is 0 Å². The summed E-state index contributed by atoms with van der Waals surface area (Å²) >= 11 is 0. The SMILES string of the molecule is CCNC(=NCCOCC1CCCO1)N1CCN(c2ccccc2OC)CC1. The van der Waals surface area contributed by atoms with Gasteiger partial charge in [0.25, 0.3) is 0 Å². The highest BCUT2D eigenvalue weighted by molar-refractivity contribution is 5.80. The van der Waals surface area contributed by atoms with Gasteiger partial charge in [0.2, 0.25) is 0 Å². The van der Waals surface area contributed by atoms with Crippen molar-refractivity contribution in [1.82, 2.24) is 10.2 Å². The fourth-order valence-electron chi connectivity index (χ4n) is 3.68. The van der Waals surface area contributed by atoms with Crippen LogP contribution in [0.15, 0.2) is 29.3 Å². The number of ether oxygens (including phenoxy) is 3. The van der Waals surface area contributed by atoms with E-state index in [1.807, 2.05) is 12.1 Å². The first-order valence-electron chi connectivity index (χ1n) is 10.4. The monoisotopic (exact) mass is 390 g/mol. The fourth-order valence-corrected chi connectivity index (χ4v) is 3.68. The minimum Gasteiger partial charge on any atom is -0.495 e. The predicted octanol–water partition coefficient (Wildman–Crippen LogP) is 1.98.